The molecule has 0 bridgehead atoms. The molecule has 1 aromatic carbocycles. The minimum atomic E-state index is -0.640. The van der Waals surface area contributed by atoms with Gasteiger partial charge in [-0.25, -0.2) is 0 Å². The number of hydrogen-bond acceptors (Lipinski definition) is 4. The first-order valence-corrected chi connectivity index (χ1v) is 11.7. The molecule has 5 rings (SSSR count). The van der Waals surface area contributed by atoms with E-state index < -0.39 is 5.66 Å². The number of amides is 3. The number of carbonyl (C=O) groups is 3. The number of piperazine rings is 1. The summed E-state index contributed by atoms with van der Waals surface area (Å²) in [5.41, 5.74) is 0.657. The third-order valence-electron chi connectivity index (χ3n) is 7.71. The van der Waals surface area contributed by atoms with Gasteiger partial charge in [0, 0.05) is 45.1 Å². The highest BCUT2D eigenvalue weighted by molar-refractivity contribution is 6.10. The normalized spacial score (nSPS) is 28.4. The fourth-order valence-electron chi connectivity index (χ4n) is 5.97. The van der Waals surface area contributed by atoms with Crippen LogP contribution in [0.1, 0.15) is 62.2 Å². The zero-order chi connectivity index (χ0) is 21.6. The van der Waals surface area contributed by atoms with Crippen molar-refractivity contribution in [1.29, 1.82) is 0 Å². The minimum absolute atomic E-state index is 0.0349. The van der Waals surface area contributed by atoms with Crippen molar-refractivity contribution in [3.8, 4) is 0 Å². The van der Waals surface area contributed by atoms with E-state index in [0.29, 0.717) is 43.8 Å². The average molecular weight is 425 g/mol. The van der Waals surface area contributed by atoms with E-state index in [1.807, 2.05) is 34.9 Å². The van der Waals surface area contributed by atoms with E-state index in [1.165, 1.54) is 25.8 Å². The third-order valence-corrected chi connectivity index (χ3v) is 7.71. The lowest BCUT2D eigenvalue weighted by atomic mass is 9.97. The van der Waals surface area contributed by atoms with Crippen LogP contribution in [-0.4, -0.2) is 76.8 Å². The molecule has 3 fully saturated rings. The lowest BCUT2D eigenvalue weighted by molar-refractivity contribution is -0.135. The predicted octanol–water partition coefficient (Wildman–Crippen LogP) is 2.46. The van der Waals surface area contributed by atoms with Crippen LogP contribution in [-0.2, 0) is 9.59 Å². The largest absolute Gasteiger partial charge is 0.340 e. The first-order chi connectivity index (χ1) is 15.0. The van der Waals surface area contributed by atoms with Crippen molar-refractivity contribution < 1.29 is 14.4 Å². The Bertz CT molecular complexity index is 903. The molecule has 2 atom stereocenters. The van der Waals surface area contributed by atoms with Gasteiger partial charge in [-0.2, -0.15) is 0 Å². The Hall–Kier alpha value is -2.41. The van der Waals surface area contributed by atoms with Crippen LogP contribution in [0.25, 0.3) is 0 Å². The second kappa shape index (κ2) is 7.93. The maximum Gasteiger partial charge on any atom is 0.257 e. The maximum absolute atomic E-state index is 13.3. The fourth-order valence-corrected chi connectivity index (χ4v) is 5.97. The van der Waals surface area contributed by atoms with Crippen molar-refractivity contribution in [3.63, 3.8) is 0 Å². The van der Waals surface area contributed by atoms with Crippen molar-refractivity contribution in [1.82, 2.24) is 14.7 Å². The van der Waals surface area contributed by atoms with Crippen molar-refractivity contribution in [3.05, 3.63) is 29.8 Å². The standard InChI is InChI=1S/C24H32N4O3/c1-24-12-11-22(30)28(24)20-9-3-2-8-19(20)23(31)27(24)14-6-10-21(29)26-16-15-25-13-5-4-7-18(25)17-26/h2-3,8-9,18H,4-7,10-17H2,1H3. The van der Waals surface area contributed by atoms with E-state index in [2.05, 4.69) is 4.90 Å². The molecule has 3 saturated heterocycles. The van der Waals surface area contributed by atoms with Gasteiger partial charge in [-0.05, 0) is 51.3 Å². The van der Waals surface area contributed by atoms with Gasteiger partial charge in [0.15, 0.2) is 0 Å². The van der Waals surface area contributed by atoms with Gasteiger partial charge in [0.05, 0.1) is 11.3 Å². The van der Waals surface area contributed by atoms with Crippen LogP contribution in [0.3, 0.4) is 0 Å². The topological polar surface area (TPSA) is 64.2 Å². The molecule has 0 spiro atoms. The molecule has 1 aromatic rings. The van der Waals surface area contributed by atoms with Gasteiger partial charge in [0.1, 0.15) is 5.66 Å². The second-order valence-corrected chi connectivity index (χ2v) is 9.55. The van der Waals surface area contributed by atoms with E-state index >= 15 is 0 Å². The van der Waals surface area contributed by atoms with E-state index in [-0.39, 0.29) is 17.7 Å². The summed E-state index contributed by atoms with van der Waals surface area (Å²) in [7, 11) is 0. The molecule has 0 saturated carbocycles. The summed E-state index contributed by atoms with van der Waals surface area (Å²) in [6.07, 6.45) is 5.86. The molecule has 7 heteroatoms. The van der Waals surface area contributed by atoms with Crippen LogP contribution in [0.2, 0.25) is 0 Å². The van der Waals surface area contributed by atoms with E-state index in [1.54, 1.807) is 11.0 Å². The highest BCUT2D eigenvalue weighted by Crippen LogP contribution is 2.44. The van der Waals surface area contributed by atoms with Crippen LogP contribution in [0.4, 0.5) is 5.69 Å². The van der Waals surface area contributed by atoms with Gasteiger partial charge in [0.2, 0.25) is 11.8 Å². The molecule has 0 N–H and O–H groups in total. The van der Waals surface area contributed by atoms with Crippen LogP contribution in [0.5, 0.6) is 0 Å². The number of carbonyl (C=O) groups excluding carboxylic acids is 3. The Balaban J connectivity index is 1.24. The Morgan fingerprint density at radius 2 is 1.97 bits per heavy atom. The zero-order valence-corrected chi connectivity index (χ0v) is 18.4. The number of para-hydroxylation sites is 1. The van der Waals surface area contributed by atoms with Crippen LogP contribution < -0.4 is 4.90 Å². The summed E-state index contributed by atoms with van der Waals surface area (Å²) >= 11 is 0. The number of hydrogen-bond donors (Lipinski definition) is 0. The minimum Gasteiger partial charge on any atom is -0.340 e. The number of anilines is 1. The smallest absolute Gasteiger partial charge is 0.257 e. The summed E-state index contributed by atoms with van der Waals surface area (Å²) in [5.74, 6) is 0.223. The predicted molar refractivity (Wildman–Crippen MR) is 118 cm³/mol. The molecule has 4 aliphatic heterocycles. The van der Waals surface area contributed by atoms with Gasteiger partial charge < -0.3 is 9.80 Å². The monoisotopic (exact) mass is 424 g/mol. The van der Waals surface area contributed by atoms with Crippen molar-refractivity contribution in [2.24, 2.45) is 0 Å². The van der Waals surface area contributed by atoms with Gasteiger partial charge in [-0.3, -0.25) is 24.2 Å². The molecular weight excluding hydrogens is 392 g/mol. The third kappa shape index (κ3) is 3.43. The summed E-state index contributed by atoms with van der Waals surface area (Å²) in [5, 5.41) is 0. The number of piperidine rings is 1. The van der Waals surface area contributed by atoms with Crippen molar-refractivity contribution >= 4 is 23.4 Å². The SMILES string of the molecule is CC12CCC(=O)N1c1ccccc1C(=O)N2CCCC(=O)N1CCN2CCCCC2C1. The lowest BCUT2D eigenvalue weighted by Crippen LogP contribution is -2.62. The molecule has 166 valence electrons. The van der Waals surface area contributed by atoms with Crippen LogP contribution in [0, 0.1) is 0 Å². The maximum atomic E-state index is 13.3. The van der Waals surface area contributed by atoms with Gasteiger partial charge in [0.25, 0.3) is 5.91 Å². The highest BCUT2D eigenvalue weighted by atomic mass is 16.2. The molecule has 0 aromatic heterocycles. The number of nitrogens with zero attached hydrogens (tertiary/aromatic N) is 4. The summed E-state index contributed by atoms with van der Waals surface area (Å²) in [4.78, 5) is 47.0. The molecule has 0 aliphatic carbocycles. The molecule has 7 nitrogen and oxygen atoms in total. The Labute approximate surface area is 184 Å². The molecule has 4 heterocycles. The summed E-state index contributed by atoms with van der Waals surface area (Å²) in [6, 6.07) is 7.89. The number of rotatable bonds is 4. The number of fused-ring (bicyclic) bond motifs is 4. The molecule has 0 radical (unpaired) electrons. The quantitative estimate of drug-likeness (QED) is 0.745. The first kappa shape index (κ1) is 20.5. The summed E-state index contributed by atoms with van der Waals surface area (Å²) < 4.78 is 0. The highest BCUT2D eigenvalue weighted by Gasteiger charge is 2.52. The van der Waals surface area contributed by atoms with Gasteiger partial charge >= 0.3 is 0 Å². The molecule has 31 heavy (non-hydrogen) atoms. The van der Waals surface area contributed by atoms with Gasteiger partial charge in [-0.15, -0.1) is 0 Å². The molecule has 3 amide bonds. The Morgan fingerprint density at radius 1 is 1.13 bits per heavy atom. The summed E-state index contributed by atoms with van der Waals surface area (Å²) in [6.45, 7) is 6.27. The Kier molecular flexibility index (Phi) is 5.24. The molecule has 4 aliphatic rings. The Morgan fingerprint density at radius 3 is 2.84 bits per heavy atom. The second-order valence-electron chi connectivity index (χ2n) is 9.55. The van der Waals surface area contributed by atoms with Gasteiger partial charge in [-0.1, -0.05) is 18.6 Å². The van der Waals surface area contributed by atoms with Crippen molar-refractivity contribution in [2.75, 3.05) is 37.6 Å². The van der Waals surface area contributed by atoms with E-state index in [4.69, 9.17) is 0 Å². The fraction of sp³-hybridized carbons (Fsp3) is 0.625. The van der Waals surface area contributed by atoms with E-state index in [0.717, 1.165) is 25.3 Å². The average Bonchev–Trinajstić information content (AvgIpc) is 3.10. The molecular formula is C24H32N4O3. The lowest BCUT2D eigenvalue weighted by Gasteiger charge is -2.48. The van der Waals surface area contributed by atoms with Crippen LogP contribution in [0.15, 0.2) is 24.3 Å². The van der Waals surface area contributed by atoms with Crippen molar-refractivity contribution in [2.45, 2.75) is 63.6 Å². The first-order valence-electron chi connectivity index (χ1n) is 11.7. The van der Waals surface area contributed by atoms with Crippen LogP contribution >= 0.6 is 0 Å². The number of benzene rings is 1. The zero-order valence-electron chi connectivity index (χ0n) is 18.4. The van der Waals surface area contributed by atoms with E-state index in [9.17, 15) is 14.4 Å². The molecule has 2 unspecified atom stereocenters.